The molecule has 1 unspecified atom stereocenters. The second-order valence-corrected chi connectivity index (χ2v) is 6.42. The molecular weight excluding hydrogens is 337 g/mol. The van der Waals surface area contributed by atoms with Crippen molar-refractivity contribution in [3.05, 3.63) is 48.4 Å². The van der Waals surface area contributed by atoms with Crippen molar-refractivity contribution in [3.8, 4) is 0 Å². The highest BCUT2D eigenvalue weighted by Gasteiger charge is 2.39. The van der Waals surface area contributed by atoms with Crippen molar-refractivity contribution >= 4 is 23.1 Å². The van der Waals surface area contributed by atoms with Gasteiger partial charge in [-0.3, -0.25) is 4.79 Å². The Kier molecular flexibility index (Phi) is 5.49. The van der Waals surface area contributed by atoms with Crippen molar-refractivity contribution in [1.29, 1.82) is 0 Å². The predicted octanol–water partition coefficient (Wildman–Crippen LogP) is 1.55. The van der Waals surface area contributed by atoms with Crippen molar-refractivity contribution in [2.75, 3.05) is 13.2 Å². The predicted molar refractivity (Wildman–Crippen MR) is 96.1 cm³/mol. The highest BCUT2D eigenvalue weighted by atomic mass is 19.1. The maximum absolute atomic E-state index is 13.5. The Balaban J connectivity index is 1.71. The van der Waals surface area contributed by atoms with E-state index in [-0.39, 0.29) is 24.2 Å². The number of carbonyl (C=O) groups is 2. The number of nitrogens with zero attached hydrogens (tertiary/aromatic N) is 1. The number of aldehydes is 1. The quantitative estimate of drug-likeness (QED) is 0.580. The van der Waals surface area contributed by atoms with E-state index in [1.165, 1.54) is 17.0 Å². The van der Waals surface area contributed by atoms with Gasteiger partial charge in [-0.15, -0.1) is 6.58 Å². The Bertz CT molecular complexity index is 819. The van der Waals surface area contributed by atoms with Gasteiger partial charge in [0.15, 0.2) is 0 Å². The van der Waals surface area contributed by atoms with E-state index in [1.807, 2.05) is 0 Å². The van der Waals surface area contributed by atoms with Gasteiger partial charge in [0.05, 0.1) is 18.8 Å². The first kappa shape index (κ1) is 18.3. The first-order chi connectivity index (χ1) is 12.5. The van der Waals surface area contributed by atoms with Crippen molar-refractivity contribution in [3.63, 3.8) is 0 Å². The minimum Gasteiger partial charge on any atom is -0.371 e. The normalized spacial score (nSPS) is 21.1. The topological polar surface area (TPSA) is 88.4 Å². The van der Waals surface area contributed by atoms with E-state index in [2.05, 4.69) is 11.6 Å². The molecule has 1 amide bonds. The van der Waals surface area contributed by atoms with E-state index >= 15 is 0 Å². The lowest BCUT2D eigenvalue weighted by Gasteiger charge is -2.26. The largest absolute Gasteiger partial charge is 0.371 e. The third-order valence-electron chi connectivity index (χ3n) is 4.73. The van der Waals surface area contributed by atoms with Gasteiger partial charge >= 0.3 is 0 Å². The number of H-pyrrole nitrogens is 1. The van der Waals surface area contributed by atoms with E-state index in [4.69, 9.17) is 10.5 Å². The number of nitrogens with two attached hydrogens (primary N) is 1. The summed E-state index contributed by atoms with van der Waals surface area (Å²) in [4.78, 5) is 28.7. The van der Waals surface area contributed by atoms with E-state index in [9.17, 15) is 14.0 Å². The van der Waals surface area contributed by atoms with Crippen LogP contribution >= 0.6 is 0 Å². The molecule has 1 fully saturated rings. The lowest BCUT2D eigenvalue weighted by molar-refractivity contribution is -0.137. The molecule has 2 aromatic rings. The first-order valence-corrected chi connectivity index (χ1v) is 8.54. The Morgan fingerprint density at radius 2 is 2.35 bits per heavy atom. The van der Waals surface area contributed by atoms with Gasteiger partial charge in [-0.2, -0.15) is 0 Å². The molecule has 0 bridgehead atoms. The molecule has 6 nitrogen and oxygen atoms in total. The van der Waals surface area contributed by atoms with Crippen LogP contribution in [0.4, 0.5) is 4.39 Å². The first-order valence-electron chi connectivity index (χ1n) is 8.54. The van der Waals surface area contributed by atoms with Crippen LogP contribution in [0.15, 0.2) is 37.1 Å². The molecule has 1 aliphatic rings. The summed E-state index contributed by atoms with van der Waals surface area (Å²) < 4.78 is 19.1. The van der Waals surface area contributed by atoms with Crippen LogP contribution in [0, 0.1) is 5.82 Å². The molecule has 3 N–H and O–H groups in total. The fourth-order valence-electron chi connectivity index (χ4n) is 3.44. The van der Waals surface area contributed by atoms with Gasteiger partial charge in [0.2, 0.25) is 5.91 Å². The third-order valence-corrected chi connectivity index (χ3v) is 4.73. The Morgan fingerprint density at radius 1 is 1.54 bits per heavy atom. The fraction of sp³-hybridized carbons (Fsp3) is 0.368. The van der Waals surface area contributed by atoms with Gasteiger partial charge in [-0.25, -0.2) is 4.39 Å². The summed E-state index contributed by atoms with van der Waals surface area (Å²) in [6.07, 6.45) is 4.55. The van der Waals surface area contributed by atoms with Crippen molar-refractivity contribution in [2.45, 2.75) is 31.0 Å². The second kappa shape index (κ2) is 7.80. The minimum atomic E-state index is -0.821. The Hall–Kier alpha value is -2.51. The van der Waals surface area contributed by atoms with Crippen LogP contribution in [0.2, 0.25) is 0 Å². The standard InChI is InChI=1S/C19H22FN3O3/c1-2-7-26-18-5-6-23(17(18)11-24)19(25)15(21)8-12-10-22-16-4-3-13(20)9-14(12)16/h2-4,9-11,15,17-18,22H,1,5-8,21H2/t15-,17?,18-/m0/s1. The number of carbonyl (C=O) groups excluding carboxylic acids is 2. The summed E-state index contributed by atoms with van der Waals surface area (Å²) in [6, 6.07) is 2.97. The maximum Gasteiger partial charge on any atom is 0.240 e. The zero-order chi connectivity index (χ0) is 18.7. The minimum absolute atomic E-state index is 0.253. The number of halogens is 1. The molecule has 26 heavy (non-hydrogen) atoms. The molecule has 7 heteroatoms. The Morgan fingerprint density at radius 3 is 3.08 bits per heavy atom. The van der Waals surface area contributed by atoms with Gasteiger partial charge in [0.1, 0.15) is 18.1 Å². The molecule has 2 heterocycles. The van der Waals surface area contributed by atoms with E-state index < -0.39 is 12.1 Å². The summed E-state index contributed by atoms with van der Waals surface area (Å²) in [5, 5.41) is 0.703. The summed E-state index contributed by atoms with van der Waals surface area (Å²) in [7, 11) is 0. The zero-order valence-electron chi connectivity index (χ0n) is 14.4. The number of nitrogens with one attached hydrogen (secondary N) is 1. The molecule has 138 valence electrons. The van der Waals surface area contributed by atoms with Gasteiger partial charge in [-0.05, 0) is 36.6 Å². The number of aromatic nitrogens is 1. The molecule has 1 saturated heterocycles. The molecule has 3 atom stereocenters. The average molecular weight is 359 g/mol. The highest BCUT2D eigenvalue weighted by molar-refractivity contribution is 5.87. The van der Waals surface area contributed by atoms with Crippen LogP contribution < -0.4 is 5.73 Å². The molecule has 0 spiro atoms. The molecule has 1 aromatic heterocycles. The Labute approximate surface area is 150 Å². The molecule has 1 aliphatic heterocycles. The number of fused-ring (bicyclic) bond motifs is 1. The van der Waals surface area contributed by atoms with Crippen LogP contribution in [-0.2, 0) is 20.7 Å². The third kappa shape index (κ3) is 3.54. The highest BCUT2D eigenvalue weighted by Crippen LogP contribution is 2.23. The molecule has 0 saturated carbocycles. The number of rotatable bonds is 7. The number of hydrogen-bond acceptors (Lipinski definition) is 4. The van der Waals surface area contributed by atoms with E-state index in [0.29, 0.717) is 25.0 Å². The second-order valence-electron chi connectivity index (χ2n) is 6.42. The number of likely N-dealkylation sites (tertiary alicyclic amines) is 1. The van der Waals surface area contributed by atoms with Crippen LogP contribution in [-0.4, -0.2) is 53.4 Å². The van der Waals surface area contributed by atoms with Gasteiger partial charge in [-0.1, -0.05) is 6.08 Å². The summed E-state index contributed by atoms with van der Waals surface area (Å²) in [6.45, 7) is 4.32. The molecule has 3 rings (SSSR count). The van der Waals surface area contributed by atoms with Gasteiger partial charge in [0.25, 0.3) is 0 Å². The zero-order valence-corrected chi connectivity index (χ0v) is 14.4. The lowest BCUT2D eigenvalue weighted by Crippen LogP contribution is -2.49. The number of aromatic amines is 1. The fourth-order valence-corrected chi connectivity index (χ4v) is 3.44. The smallest absolute Gasteiger partial charge is 0.240 e. The van der Waals surface area contributed by atoms with Crippen molar-refractivity contribution < 1.29 is 18.7 Å². The summed E-state index contributed by atoms with van der Waals surface area (Å²) in [5.41, 5.74) is 7.66. The van der Waals surface area contributed by atoms with E-state index in [1.54, 1.807) is 18.3 Å². The van der Waals surface area contributed by atoms with Crippen LogP contribution in [0.5, 0.6) is 0 Å². The van der Waals surface area contributed by atoms with Crippen LogP contribution in [0.3, 0.4) is 0 Å². The average Bonchev–Trinajstić information content (AvgIpc) is 3.22. The monoisotopic (exact) mass is 359 g/mol. The summed E-state index contributed by atoms with van der Waals surface area (Å²) in [5.74, 6) is -0.654. The van der Waals surface area contributed by atoms with Crippen molar-refractivity contribution in [1.82, 2.24) is 9.88 Å². The molecule has 1 aromatic carbocycles. The molecule has 0 aliphatic carbocycles. The molecular formula is C19H22FN3O3. The number of ether oxygens (including phenoxy) is 1. The number of benzene rings is 1. The van der Waals surface area contributed by atoms with Gasteiger partial charge < -0.3 is 25.1 Å². The number of hydrogen-bond donors (Lipinski definition) is 2. The summed E-state index contributed by atoms with van der Waals surface area (Å²) >= 11 is 0. The van der Waals surface area contributed by atoms with Crippen LogP contribution in [0.1, 0.15) is 12.0 Å². The van der Waals surface area contributed by atoms with Crippen molar-refractivity contribution in [2.24, 2.45) is 5.73 Å². The van der Waals surface area contributed by atoms with Crippen LogP contribution in [0.25, 0.3) is 10.9 Å². The maximum atomic E-state index is 13.5. The SMILES string of the molecule is C=CCO[C@H]1CCN(C(=O)[C@@H](N)Cc2c[nH]c3ccc(F)cc23)C1C=O. The number of amides is 1. The van der Waals surface area contributed by atoms with E-state index in [0.717, 1.165) is 17.4 Å². The molecule has 0 radical (unpaired) electrons. The lowest BCUT2D eigenvalue weighted by atomic mass is 10.0. The van der Waals surface area contributed by atoms with Gasteiger partial charge in [0, 0.05) is 23.6 Å².